The summed E-state index contributed by atoms with van der Waals surface area (Å²) in [6.45, 7) is 10.2. The Morgan fingerprint density at radius 3 is 2.54 bits per heavy atom. The van der Waals surface area contributed by atoms with Crippen molar-refractivity contribution in [3.05, 3.63) is 48.6 Å². The van der Waals surface area contributed by atoms with E-state index in [1.54, 1.807) is 0 Å². The smallest absolute Gasteiger partial charge is 0.269 e. The second-order valence-corrected chi connectivity index (χ2v) is 8.85. The molecule has 1 aliphatic heterocycles. The summed E-state index contributed by atoms with van der Waals surface area (Å²) in [4.78, 5) is 29.7. The summed E-state index contributed by atoms with van der Waals surface area (Å²) in [7, 11) is 0. The molecule has 1 aromatic carbocycles. The van der Waals surface area contributed by atoms with Gasteiger partial charge in [-0.15, -0.1) is 0 Å². The Morgan fingerprint density at radius 2 is 1.96 bits per heavy atom. The lowest BCUT2D eigenvalue weighted by molar-refractivity contribution is -0.118. The highest BCUT2D eigenvalue weighted by Crippen LogP contribution is 2.43. The van der Waals surface area contributed by atoms with Crippen molar-refractivity contribution in [3.63, 3.8) is 0 Å². The van der Waals surface area contributed by atoms with Crippen LogP contribution in [0, 0.1) is 5.41 Å². The van der Waals surface area contributed by atoms with Gasteiger partial charge in [-0.25, -0.2) is 0 Å². The number of carbonyl (C=O) groups is 2. The highest BCUT2D eigenvalue weighted by molar-refractivity contribution is 6.39. The van der Waals surface area contributed by atoms with Crippen LogP contribution in [0.2, 0.25) is 0 Å². The fourth-order valence-corrected chi connectivity index (χ4v) is 3.83. The van der Waals surface area contributed by atoms with Crippen molar-refractivity contribution in [2.24, 2.45) is 10.6 Å². The first kappa shape index (κ1) is 20.1. The van der Waals surface area contributed by atoms with Crippen LogP contribution in [-0.4, -0.2) is 36.2 Å². The first-order valence-electron chi connectivity index (χ1n) is 9.73. The van der Waals surface area contributed by atoms with E-state index in [0.717, 1.165) is 12.8 Å². The first-order chi connectivity index (χ1) is 13.2. The molecule has 150 valence electrons. The molecule has 0 saturated heterocycles. The number of oxime groups is 1. The molecule has 1 fully saturated rings. The zero-order chi connectivity index (χ0) is 20.4. The Kier molecular flexibility index (Phi) is 5.59. The minimum absolute atomic E-state index is 0.0460. The number of nitrogens with one attached hydrogen (secondary N) is 2. The third-order valence-electron chi connectivity index (χ3n) is 5.68. The lowest BCUT2D eigenvalue weighted by Crippen LogP contribution is -2.58. The van der Waals surface area contributed by atoms with Crippen LogP contribution < -0.4 is 10.6 Å². The summed E-state index contributed by atoms with van der Waals surface area (Å²) in [6.07, 6.45) is 3.25. The van der Waals surface area contributed by atoms with Crippen molar-refractivity contribution in [1.29, 1.82) is 0 Å². The lowest BCUT2D eigenvalue weighted by atomic mass is 9.61. The maximum Gasteiger partial charge on any atom is 0.269 e. The molecule has 1 aliphatic carbocycles. The Hall–Kier alpha value is -2.63. The monoisotopic (exact) mass is 383 g/mol. The summed E-state index contributed by atoms with van der Waals surface area (Å²) in [5, 5.41) is 9.98. The highest BCUT2D eigenvalue weighted by atomic mass is 16.6. The molecule has 2 N–H and O–H groups in total. The molecule has 6 heteroatoms. The van der Waals surface area contributed by atoms with Gasteiger partial charge in [0.2, 0.25) is 5.91 Å². The number of rotatable bonds is 6. The third-order valence-corrected chi connectivity index (χ3v) is 5.68. The quantitative estimate of drug-likeness (QED) is 0.741. The van der Waals surface area contributed by atoms with Gasteiger partial charge in [0.15, 0.2) is 0 Å². The lowest BCUT2D eigenvalue weighted by Gasteiger charge is -2.48. The van der Waals surface area contributed by atoms with Gasteiger partial charge in [-0.1, -0.05) is 62.8 Å². The van der Waals surface area contributed by atoms with Crippen molar-refractivity contribution in [1.82, 2.24) is 10.6 Å². The van der Waals surface area contributed by atoms with E-state index in [1.807, 2.05) is 18.2 Å². The molecule has 2 aliphatic rings. The summed E-state index contributed by atoms with van der Waals surface area (Å²) in [5.41, 5.74) is 1.38. The van der Waals surface area contributed by atoms with Crippen LogP contribution in [0.5, 0.6) is 0 Å². The second-order valence-electron chi connectivity index (χ2n) is 8.85. The van der Waals surface area contributed by atoms with Gasteiger partial charge in [-0.3, -0.25) is 9.59 Å². The van der Waals surface area contributed by atoms with Gasteiger partial charge in [0, 0.05) is 29.8 Å². The van der Waals surface area contributed by atoms with Crippen LogP contribution in [0.1, 0.15) is 45.6 Å². The normalized spacial score (nSPS) is 26.5. The predicted octanol–water partition coefficient (Wildman–Crippen LogP) is 2.70. The Labute approximate surface area is 166 Å². The Bertz CT molecular complexity index is 774. The molecule has 6 nitrogen and oxygen atoms in total. The number of hydrogen-bond acceptors (Lipinski definition) is 4. The van der Waals surface area contributed by atoms with Crippen LogP contribution >= 0.6 is 0 Å². The minimum Gasteiger partial charge on any atom is -0.391 e. The van der Waals surface area contributed by atoms with E-state index < -0.39 is 0 Å². The van der Waals surface area contributed by atoms with Gasteiger partial charge < -0.3 is 15.5 Å². The summed E-state index contributed by atoms with van der Waals surface area (Å²) >= 11 is 0. The summed E-state index contributed by atoms with van der Waals surface area (Å²) in [6, 6.07) is 10.2. The van der Waals surface area contributed by atoms with Gasteiger partial charge in [-0.05, 0) is 24.5 Å². The molecule has 1 unspecified atom stereocenters. The topological polar surface area (TPSA) is 79.8 Å². The van der Waals surface area contributed by atoms with E-state index in [9.17, 15) is 9.59 Å². The standard InChI is InChI=1S/C22H29N3O3/c1-5-19(26)23-14-22(15-9-7-6-8-10-15)12-16(13-22)24-20(27)17-11-18(28-25-17)21(2,3)4/h5-10,16,18H,1,11-14H2,2-4H3,(H,23,26)(H,24,27). The van der Waals surface area contributed by atoms with Crippen LogP contribution in [0.25, 0.3) is 0 Å². The number of hydrogen-bond donors (Lipinski definition) is 2. The van der Waals surface area contributed by atoms with Gasteiger partial charge in [-0.2, -0.15) is 0 Å². The first-order valence-corrected chi connectivity index (χ1v) is 9.73. The average molecular weight is 383 g/mol. The van der Waals surface area contributed by atoms with Gasteiger partial charge >= 0.3 is 0 Å². The van der Waals surface area contributed by atoms with Crippen LogP contribution in [-0.2, 0) is 19.8 Å². The molecule has 1 saturated carbocycles. The molecule has 2 amide bonds. The van der Waals surface area contributed by atoms with Crippen LogP contribution in [0.3, 0.4) is 0 Å². The van der Waals surface area contributed by atoms with Crippen molar-refractivity contribution < 1.29 is 14.4 Å². The minimum atomic E-state index is -0.187. The summed E-state index contributed by atoms with van der Waals surface area (Å²) in [5.74, 6) is -0.345. The molecule has 28 heavy (non-hydrogen) atoms. The zero-order valence-corrected chi connectivity index (χ0v) is 16.8. The molecule has 0 radical (unpaired) electrons. The fraction of sp³-hybridized carbons (Fsp3) is 0.500. The SMILES string of the molecule is C=CC(=O)NCC1(c2ccccc2)CC(NC(=O)C2=NOC(C(C)(C)C)C2)C1. The second kappa shape index (κ2) is 7.78. The third kappa shape index (κ3) is 4.26. The van der Waals surface area contributed by atoms with E-state index in [4.69, 9.17) is 4.84 Å². The van der Waals surface area contributed by atoms with Crippen LogP contribution in [0.4, 0.5) is 0 Å². The number of nitrogens with zero attached hydrogens (tertiary/aromatic N) is 1. The van der Waals surface area contributed by atoms with E-state index in [0.29, 0.717) is 18.7 Å². The largest absolute Gasteiger partial charge is 0.391 e. The highest BCUT2D eigenvalue weighted by Gasteiger charge is 2.47. The molecule has 1 heterocycles. The van der Waals surface area contributed by atoms with Crippen LogP contribution in [0.15, 0.2) is 48.1 Å². The predicted molar refractivity (Wildman–Crippen MR) is 109 cm³/mol. The molecule has 3 rings (SSSR count). The van der Waals surface area contributed by atoms with E-state index in [1.165, 1.54) is 11.6 Å². The number of amides is 2. The molecule has 1 aromatic rings. The van der Waals surface area contributed by atoms with E-state index in [2.05, 4.69) is 55.3 Å². The Balaban J connectivity index is 1.60. The maximum absolute atomic E-state index is 12.6. The molecule has 0 spiro atoms. The van der Waals surface area contributed by atoms with Crippen molar-refractivity contribution in [2.75, 3.05) is 6.54 Å². The average Bonchev–Trinajstić information content (AvgIpc) is 3.14. The van der Waals surface area contributed by atoms with Gasteiger partial charge in [0.1, 0.15) is 11.8 Å². The Morgan fingerprint density at radius 1 is 1.29 bits per heavy atom. The van der Waals surface area contributed by atoms with Crippen molar-refractivity contribution in [3.8, 4) is 0 Å². The number of carbonyl (C=O) groups excluding carboxylic acids is 2. The summed E-state index contributed by atoms with van der Waals surface area (Å²) < 4.78 is 0. The number of benzene rings is 1. The van der Waals surface area contributed by atoms with Gasteiger partial charge in [0.25, 0.3) is 5.91 Å². The van der Waals surface area contributed by atoms with Crippen molar-refractivity contribution in [2.45, 2.75) is 57.6 Å². The van der Waals surface area contributed by atoms with Gasteiger partial charge in [0.05, 0.1) is 0 Å². The maximum atomic E-state index is 12.6. The fourth-order valence-electron chi connectivity index (χ4n) is 3.83. The molecule has 0 aromatic heterocycles. The molecular formula is C22H29N3O3. The van der Waals surface area contributed by atoms with Crippen molar-refractivity contribution >= 4 is 17.5 Å². The molecule has 0 bridgehead atoms. The molecular weight excluding hydrogens is 354 g/mol. The molecule has 1 atom stereocenters. The zero-order valence-electron chi connectivity index (χ0n) is 16.8. The van der Waals surface area contributed by atoms with E-state index in [-0.39, 0.29) is 34.8 Å². The van der Waals surface area contributed by atoms with E-state index >= 15 is 0 Å².